The van der Waals surface area contributed by atoms with Crippen molar-refractivity contribution in [2.75, 3.05) is 0 Å². The molecule has 0 radical (unpaired) electrons. The topological polar surface area (TPSA) is 46.2 Å². The molecule has 25 heavy (non-hydrogen) atoms. The number of sulfonamides is 1. The third kappa shape index (κ3) is 4.16. The van der Waals surface area contributed by atoms with Gasteiger partial charge >= 0.3 is 0 Å². The van der Waals surface area contributed by atoms with Gasteiger partial charge in [-0.25, -0.2) is 8.42 Å². The summed E-state index contributed by atoms with van der Waals surface area (Å²) >= 11 is 0. The lowest BCUT2D eigenvalue weighted by Crippen LogP contribution is -2.29. The summed E-state index contributed by atoms with van der Waals surface area (Å²) in [5.74, 6) is 0. The van der Waals surface area contributed by atoms with E-state index in [0.717, 1.165) is 22.3 Å². The van der Waals surface area contributed by atoms with Crippen LogP contribution in [0.1, 0.15) is 28.3 Å². The molecule has 0 spiro atoms. The number of rotatable bonds is 5. The summed E-state index contributed by atoms with van der Waals surface area (Å²) in [6, 6.07) is 24.0. The highest BCUT2D eigenvalue weighted by atomic mass is 32.2. The summed E-state index contributed by atoms with van der Waals surface area (Å²) in [5.41, 5.74) is 3.94. The molecule has 0 unspecified atom stereocenters. The van der Waals surface area contributed by atoms with Gasteiger partial charge in [0.2, 0.25) is 10.0 Å². The molecule has 1 N–H and O–H groups in total. The normalized spacial score (nSPS) is 12.7. The van der Waals surface area contributed by atoms with E-state index in [9.17, 15) is 8.42 Å². The van der Waals surface area contributed by atoms with Crippen LogP contribution in [0, 0.1) is 13.8 Å². The molecular formula is C21H21NO2S. The highest BCUT2D eigenvalue weighted by Gasteiger charge is 2.22. The minimum atomic E-state index is -3.64. The molecule has 3 aromatic rings. The molecule has 1 atom stereocenters. The van der Waals surface area contributed by atoms with Crippen LogP contribution in [0.15, 0.2) is 83.8 Å². The summed E-state index contributed by atoms with van der Waals surface area (Å²) < 4.78 is 28.6. The lowest BCUT2D eigenvalue weighted by Gasteiger charge is -2.20. The molecule has 0 fully saturated rings. The first-order valence-corrected chi connectivity index (χ1v) is 9.64. The molecule has 3 nitrogen and oxygen atoms in total. The van der Waals surface area contributed by atoms with Crippen LogP contribution in [0.3, 0.4) is 0 Å². The van der Waals surface area contributed by atoms with E-state index in [2.05, 4.69) is 4.72 Å². The summed E-state index contributed by atoms with van der Waals surface area (Å²) in [7, 11) is -3.64. The average Bonchev–Trinajstić information content (AvgIpc) is 2.61. The molecule has 0 aliphatic carbocycles. The van der Waals surface area contributed by atoms with Gasteiger partial charge in [0.25, 0.3) is 0 Å². The van der Waals surface area contributed by atoms with E-state index in [1.165, 1.54) is 0 Å². The monoisotopic (exact) mass is 351 g/mol. The van der Waals surface area contributed by atoms with Gasteiger partial charge in [0, 0.05) is 0 Å². The predicted molar refractivity (Wildman–Crippen MR) is 101 cm³/mol. The molecule has 4 heteroatoms. The molecular weight excluding hydrogens is 330 g/mol. The Morgan fingerprint density at radius 3 is 2.00 bits per heavy atom. The van der Waals surface area contributed by atoms with Crippen LogP contribution >= 0.6 is 0 Å². The molecule has 3 aromatic carbocycles. The number of aryl methyl sites for hydroxylation is 2. The van der Waals surface area contributed by atoms with Gasteiger partial charge in [-0.15, -0.1) is 0 Å². The fraction of sp³-hybridized carbons (Fsp3) is 0.143. The Balaban J connectivity index is 2.02. The second-order valence-corrected chi connectivity index (χ2v) is 7.91. The quantitative estimate of drug-likeness (QED) is 0.742. The Morgan fingerprint density at radius 1 is 0.720 bits per heavy atom. The van der Waals surface area contributed by atoms with Crippen molar-refractivity contribution in [3.05, 3.63) is 101 Å². The number of nitrogens with one attached hydrogen (secondary N) is 1. The zero-order valence-corrected chi connectivity index (χ0v) is 15.1. The lowest BCUT2D eigenvalue weighted by molar-refractivity contribution is 0.572. The molecule has 0 aliphatic heterocycles. The van der Waals surface area contributed by atoms with Crippen molar-refractivity contribution >= 4 is 10.0 Å². The van der Waals surface area contributed by atoms with Crippen molar-refractivity contribution in [2.45, 2.75) is 24.8 Å². The molecule has 0 saturated heterocycles. The van der Waals surface area contributed by atoms with E-state index in [-0.39, 0.29) is 4.90 Å². The fourth-order valence-electron chi connectivity index (χ4n) is 2.76. The summed E-state index contributed by atoms with van der Waals surface area (Å²) in [5, 5.41) is 0. The molecule has 0 aliphatic rings. The van der Waals surface area contributed by atoms with Gasteiger partial charge in [0.1, 0.15) is 0 Å². The maximum Gasteiger partial charge on any atom is 0.241 e. The zero-order valence-electron chi connectivity index (χ0n) is 14.3. The maximum atomic E-state index is 12.9. The lowest BCUT2D eigenvalue weighted by atomic mass is 9.98. The van der Waals surface area contributed by atoms with Crippen LogP contribution in [-0.4, -0.2) is 8.42 Å². The maximum absolute atomic E-state index is 12.9. The largest absolute Gasteiger partial charge is 0.241 e. The molecule has 0 amide bonds. The average molecular weight is 351 g/mol. The second-order valence-electron chi connectivity index (χ2n) is 6.19. The van der Waals surface area contributed by atoms with E-state index in [0.29, 0.717) is 0 Å². The smallest absolute Gasteiger partial charge is 0.207 e. The Kier molecular flexibility index (Phi) is 5.02. The van der Waals surface area contributed by atoms with Crippen molar-refractivity contribution in [3.8, 4) is 0 Å². The second kappa shape index (κ2) is 7.21. The SMILES string of the molecule is Cc1ccc(S(=O)(=O)N[C@@H](c2ccccc2)c2cccc(C)c2)cc1. The van der Waals surface area contributed by atoms with Crippen molar-refractivity contribution in [3.63, 3.8) is 0 Å². The van der Waals surface area contributed by atoms with Crippen molar-refractivity contribution in [2.24, 2.45) is 0 Å². The minimum Gasteiger partial charge on any atom is -0.207 e. The van der Waals surface area contributed by atoms with Crippen LogP contribution in [0.25, 0.3) is 0 Å². The molecule has 128 valence electrons. The highest BCUT2D eigenvalue weighted by molar-refractivity contribution is 7.89. The zero-order chi connectivity index (χ0) is 17.9. The number of hydrogen-bond acceptors (Lipinski definition) is 2. The molecule has 0 heterocycles. The van der Waals surface area contributed by atoms with Crippen molar-refractivity contribution in [1.29, 1.82) is 0 Å². The van der Waals surface area contributed by atoms with Crippen LogP contribution < -0.4 is 4.72 Å². The molecule has 0 saturated carbocycles. The van der Waals surface area contributed by atoms with Gasteiger partial charge in [-0.05, 0) is 37.1 Å². The van der Waals surface area contributed by atoms with Crippen LogP contribution in [0.5, 0.6) is 0 Å². The van der Waals surface area contributed by atoms with Gasteiger partial charge < -0.3 is 0 Å². The van der Waals surface area contributed by atoms with Gasteiger partial charge in [-0.1, -0.05) is 77.9 Å². The number of benzene rings is 3. The Morgan fingerprint density at radius 2 is 1.36 bits per heavy atom. The highest BCUT2D eigenvalue weighted by Crippen LogP contribution is 2.25. The third-order valence-electron chi connectivity index (χ3n) is 4.11. The molecule has 0 aromatic heterocycles. The number of hydrogen-bond donors (Lipinski definition) is 1. The molecule has 3 rings (SSSR count). The van der Waals surface area contributed by atoms with Gasteiger partial charge in [-0.2, -0.15) is 4.72 Å². The van der Waals surface area contributed by atoms with Crippen molar-refractivity contribution in [1.82, 2.24) is 4.72 Å². The third-order valence-corrected chi connectivity index (χ3v) is 5.55. The first-order valence-electron chi connectivity index (χ1n) is 8.16. The minimum absolute atomic E-state index is 0.270. The van der Waals surface area contributed by atoms with E-state index in [1.54, 1.807) is 24.3 Å². The van der Waals surface area contributed by atoms with E-state index in [1.807, 2.05) is 68.4 Å². The van der Waals surface area contributed by atoms with Gasteiger partial charge in [-0.3, -0.25) is 0 Å². The van der Waals surface area contributed by atoms with Gasteiger partial charge in [0.05, 0.1) is 10.9 Å². The standard InChI is InChI=1S/C21H21NO2S/c1-16-11-13-20(14-12-16)25(23,24)22-21(18-8-4-3-5-9-18)19-10-6-7-17(2)15-19/h3-15,21-22H,1-2H3/t21-/m0/s1. The van der Waals surface area contributed by atoms with E-state index < -0.39 is 16.1 Å². The Hall–Kier alpha value is -2.43. The van der Waals surface area contributed by atoms with Crippen LogP contribution in [0.2, 0.25) is 0 Å². The predicted octanol–water partition coefficient (Wildman–Crippen LogP) is 4.37. The van der Waals surface area contributed by atoms with Crippen LogP contribution in [-0.2, 0) is 10.0 Å². The van der Waals surface area contributed by atoms with E-state index in [4.69, 9.17) is 0 Å². The van der Waals surface area contributed by atoms with E-state index >= 15 is 0 Å². The summed E-state index contributed by atoms with van der Waals surface area (Å²) in [4.78, 5) is 0.270. The Labute approximate surface area is 149 Å². The fourth-order valence-corrected chi connectivity index (χ4v) is 3.98. The first kappa shape index (κ1) is 17.4. The van der Waals surface area contributed by atoms with Crippen molar-refractivity contribution < 1.29 is 8.42 Å². The molecule has 0 bridgehead atoms. The first-order chi connectivity index (χ1) is 12.0. The van der Waals surface area contributed by atoms with Crippen LogP contribution in [0.4, 0.5) is 0 Å². The summed E-state index contributed by atoms with van der Waals surface area (Å²) in [6.07, 6.45) is 0. The Bertz CT molecular complexity index is 949. The summed E-state index contributed by atoms with van der Waals surface area (Å²) in [6.45, 7) is 3.93. The van der Waals surface area contributed by atoms with Gasteiger partial charge in [0.15, 0.2) is 0 Å².